The number of nitrogens with zero attached hydrogens (tertiary/aromatic N) is 1. The maximum atomic E-state index is 12.4. The number of aryl methyl sites for hydroxylation is 1. The third-order valence-electron chi connectivity index (χ3n) is 2.82. The summed E-state index contributed by atoms with van der Waals surface area (Å²) >= 11 is 0. The summed E-state index contributed by atoms with van der Waals surface area (Å²) in [6, 6.07) is 18.2. The molecule has 0 aliphatic carbocycles. The highest BCUT2D eigenvalue weighted by atomic mass is 16.2. The van der Waals surface area contributed by atoms with Crippen molar-refractivity contribution in [3.8, 4) is 0 Å². The first kappa shape index (κ1) is 12.4. The topological polar surface area (TPSA) is 20.3 Å². The van der Waals surface area contributed by atoms with E-state index in [2.05, 4.69) is 6.07 Å². The van der Waals surface area contributed by atoms with E-state index in [1.54, 1.807) is 4.90 Å². The molecule has 91 valence electrons. The molecule has 0 spiro atoms. The van der Waals surface area contributed by atoms with Crippen LogP contribution < -0.4 is 4.90 Å². The number of anilines is 1. The van der Waals surface area contributed by atoms with Crippen molar-refractivity contribution in [3.63, 3.8) is 0 Å². The third kappa shape index (κ3) is 2.59. The van der Waals surface area contributed by atoms with E-state index in [0.717, 1.165) is 11.3 Å². The van der Waals surface area contributed by atoms with Crippen LogP contribution in [0.2, 0.25) is 0 Å². The Morgan fingerprint density at radius 3 is 2.56 bits per heavy atom. The molecule has 2 aromatic carbocycles. The second-order valence-electron chi connectivity index (χ2n) is 4.15. The van der Waals surface area contributed by atoms with Gasteiger partial charge < -0.3 is 4.90 Å². The maximum absolute atomic E-state index is 12.4. The Kier molecular flexibility index (Phi) is 3.78. The number of hydrogen-bond acceptors (Lipinski definition) is 1. The highest BCUT2D eigenvalue weighted by molar-refractivity contribution is 6.06. The van der Waals surface area contributed by atoms with Crippen molar-refractivity contribution >= 4 is 11.6 Å². The summed E-state index contributed by atoms with van der Waals surface area (Å²) in [5.74, 6) is 0.0312. The van der Waals surface area contributed by atoms with E-state index in [0.29, 0.717) is 12.1 Å². The summed E-state index contributed by atoms with van der Waals surface area (Å²) in [6.07, 6.45) is 0. The molecule has 18 heavy (non-hydrogen) atoms. The lowest BCUT2D eigenvalue weighted by Crippen LogP contribution is -2.30. The SMILES string of the molecule is CCN(C(=O)c1ccccc1)c1cc[c]c(C)c1. The number of rotatable bonds is 3. The Balaban J connectivity index is 2.32. The van der Waals surface area contributed by atoms with Crippen LogP contribution in [0, 0.1) is 13.0 Å². The molecule has 0 aliphatic heterocycles. The van der Waals surface area contributed by atoms with Crippen molar-refractivity contribution in [2.45, 2.75) is 13.8 Å². The number of carbonyl (C=O) groups excluding carboxylic acids is 1. The van der Waals surface area contributed by atoms with Gasteiger partial charge >= 0.3 is 0 Å². The maximum Gasteiger partial charge on any atom is 0.258 e. The van der Waals surface area contributed by atoms with Gasteiger partial charge in [-0.1, -0.05) is 24.3 Å². The predicted molar refractivity (Wildman–Crippen MR) is 73.8 cm³/mol. The minimum atomic E-state index is 0.0312. The summed E-state index contributed by atoms with van der Waals surface area (Å²) in [4.78, 5) is 14.2. The van der Waals surface area contributed by atoms with Crippen LogP contribution in [0.15, 0.2) is 48.5 Å². The van der Waals surface area contributed by atoms with Crippen LogP contribution in [-0.2, 0) is 0 Å². The van der Waals surface area contributed by atoms with Gasteiger partial charge in [0, 0.05) is 17.8 Å². The van der Waals surface area contributed by atoms with E-state index >= 15 is 0 Å². The lowest BCUT2D eigenvalue weighted by Gasteiger charge is -2.21. The minimum absolute atomic E-state index is 0.0312. The highest BCUT2D eigenvalue weighted by Gasteiger charge is 2.15. The Hall–Kier alpha value is -2.09. The van der Waals surface area contributed by atoms with Gasteiger partial charge in [-0.2, -0.15) is 0 Å². The van der Waals surface area contributed by atoms with Crippen LogP contribution in [-0.4, -0.2) is 12.5 Å². The summed E-state index contributed by atoms with van der Waals surface area (Å²) in [7, 11) is 0. The van der Waals surface area contributed by atoms with Crippen molar-refractivity contribution in [1.82, 2.24) is 0 Å². The summed E-state index contributed by atoms with van der Waals surface area (Å²) in [5, 5.41) is 0. The molecule has 2 aromatic rings. The van der Waals surface area contributed by atoms with Crippen molar-refractivity contribution < 1.29 is 4.79 Å². The largest absolute Gasteiger partial charge is 0.309 e. The monoisotopic (exact) mass is 238 g/mol. The fourth-order valence-corrected chi connectivity index (χ4v) is 1.92. The molecule has 0 aliphatic rings. The quantitative estimate of drug-likeness (QED) is 0.802. The van der Waals surface area contributed by atoms with Gasteiger partial charge in [-0.3, -0.25) is 4.79 Å². The first-order valence-electron chi connectivity index (χ1n) is 6.07. The molecular weight excluding hydrogens is 222 g/mol. The van der Waals surface area contributed by atoms with Crippen LogP contribution >= 0.6 is 0 Å². The molecule has 0 saturated heterocycles. The zero-order valence-corrected chi connectivity index (χ0v) is 10.7. The van der Waals surface area contributed by atoms with Gasteiger partial charge in [0.15, 0.2) is 0 Å². The molecule has 1 amide bonds. The molecular formula is C16H16NO. The zero-order chi connectivity index (χ0) is 13.0. The smallest absolute Gasteiger partial charge is 0.258 e. The molecule has 0 saturated carbocycles. The van der Waals surface area contributed by atoms with E-state index in [1.165, 1.54) is 0 Å². The lowest BCUT2D eigenvalue weighted by molar-refractivity contribution is 0.0988. The first-order chi connectivity index (χ1) is 8.72. The van der Waals surface area contributed by atoms with E-state index in [-0.39, 0.29) is 5.91 Å². The molecule has 0 bridgehead atoms. The van der Waals surface area contributed by atoms with Crippen LogP contribution in [0.3, 0.4) is 0 Å². The molecule has 2 rings (SSSR count). The first-order valence-corrected chi connectivity index (χ1v) is 6.07. The number of amides is 1. The summed E-state index contributed by atoms with van der Waals surface area (Å²) in [5.41, 5.74) is 2.67. The predicted octanol–water partition coefficient (Wildman–Crippen LogP) is 3.46. The average molecular weight is 238 g/mol. The molecule has 2 heteroatoms. The lowest BCUT2D eigenvalue weighted by atomic mass is 10.1. The van der Waals surface area contributed by atoms with Gasteiger partial charge in [0.05, 0.1) is 0 Å². The van der Waals surface area contributed by atoms with Gasteiger partial charge in [-0.05, 0) is 49.7 Å². The Bertz CT molecular complexity index is 534. The summed E-state index contributed by atoms with van der Waals surface area (Å²) in [6.45, 7) is 4.61. The third-order valence-corrected chi connectivity index (χ3v) is 2.82. The van der Waals surface area contributed by atoms with Gasteiger partial charge in [-0.25, -0.2) is 0 Å². The van der Waals surface area contributed by atoms with Crippen molar-refractivity contribution in [3.05, 3.63) is 65.7 Å². The molecule has 2 nitrogen and oxygen atoms in total. The second kappa shape index (κ2) is 5.50. The van der Waals surface area contributed by atoms with Gasteiger partial charge in [0.25, 0.3) is 5.91 Å². The Morgan fingerprint density at radius 2 is 1.94 bits per heavy atom. The molecule has 0 heterocycles. The van der Waals surface area contributed by atoms with Gasteiger partial charge in [0.2, 0.25) is 0 Å². The molecule has 0 atom stereocenters. The van der Waals surface area contributed by atoms with Crippen LogP contribution in [0.25, 0.3) is 0 Å². The molecule has 0 unspecified atom stereocenters. The minimum Gasteiger partial charge on any atom is -0.309 e. The van der Waals surface area contributed by atoms with E-state index in [1.807, 2.05) is 62.4 Å². The molecule has 0 aromatic heterocycles. The van der Waals surface area contributed by atoms with Crippen LogP contribution in [0.1, 0.15) is 22.8 Å². The van der Waals surface area contributed by atoms with Gasteiger partial charge in [-0.15, -0.1) is 0 Å². The summed E-state index contributed by atoms with van der Waals surface area (Å²) < 4.78 is 0. The Labute approximate surface area is 108 Å². The highest BCUT2D eigenvalue weighted by Crippen LogP contribution is 2.18. The van der Waals surface area contributed by atoms with Crippen LogP contribution in [0.5, 0.6) is 0 Å². The average Bonchev–Trinajstić information content (AvgIpc) is 2.40. The van der Waals surface area contributed by atoms with E-state index in [9.17, 15) is 4.79 Å². The van der Waals surface area contributed by atoms with Crippen molar-refractivity contribution in [2.75, 3.05) is 11.4 Å². The second-order valence-corrected chi connectivity index (χ2v) is 4.15. The fourth-order valence-electron chi connectivity index (χ4n) is 1.92. The van der Waals surface area contributed by atoms with E-state index < -0.39 is 0 Å². The fraction of sp³-hybridized carbons (Fsp3) is 0.188. The normalized spacial score (nSPS) is 10.1. The van der Waals surface area contributed by atoms with Crippen molar-refractivity contribution in [2.24, 2.45) is 0 Å². The number of benzene rings is 2. The van der Waals surface area contributed by atoms with Gasteiger partial charge in [0.1, 0.15) is 0 Å². The molecule has 1 radical (unpaired) electrons. The number of carbonyl (C=O) groups is 1. The zero-order valence-electron chi connectivity index (χ0n) is 10.7. The molecule has 0 N–H and O–H groups in total. The standard InChI is InChI=1S/C16H16NO/c1-3-17(15-11-7-8-13(2)12-15)16(18)14-9-5-4-6-10-14/h4-7,9-12H,3H2,1-2H3. The van der Waals surface area contributed by atoms with E-state index in [4.69, 9.17) is 0 Å². The Morgan fingerprint density at radius 1 is 1.22 bits per heavy atom. The number of hydrogen-bond donors (Lipinski definition) is 0. The molecule has 0 fully saturated rings. The van der Waals surface area contributed by atoms with Crippen molar-refractivity contribution in [1.29, 1.82) is 0 Å². The van der Waals surface area contributed by atoms with Crippen LogP contribution in [0.4, 0.5) is 5.69 Å².